The number of nitrogens with two attached hydrogens (primary N) is 1. The normalized spacial score (nSPS) is 13.9. The zero-order valence-electron chi connectivity index (χ0n) is 7.55. The van der Waals surface area contributed by atoms with Gasteiger partial charge in [0.15, 0.2) is 0 Å². The highest BCUT2D eigenvalue weighted by molar-refractivity contribution is 6.32. The molecule has 0 fully saturated rings. The van der Waals surface area contributed by atoms with E-state index in [-0.39, 0.29) is 16.3 Å². The molecule has 1 aromatic rings. The molecule has 15 heavy (non-hydrogen) atoms. The first-order valence-electron chi connectivity index (χ1n) is 4.10. The van der Waals surface area contributed by atoms with Crippen molar-refractivity contribution in [2.45, 2.75) is 18.6 Å². The molecule has 1 rings (SSSR count). The maximum Gasteiger partial charge on any atom is 0.390 e. The van der Waals surface area contributed by atoms with Crippen LogP contribution >= 0.6 is 11.6 Å². The molecule has 0 amide bonds. The van der Waals surface area contributed by atoms with Crippen LogP contribution in [0.2, 0.25) is 5.02 Å². The molecule has 0 bridgehead atoms. The van der Waals surface area contributed by atoms with Crippen molar-refractivity contribution in [2.24, 2.45) is 5.73 Å². The summed E-state index contributed by atoms with van der Waals surface area (Å²) in [4.78, 5) is 0. The van der Waals surface area contributed by atoms with Crippen molar-refractivity contribution in [1.82, 2.24) is 0 Å². The molecule has 2 nitrogen and oxygen atoms in total. The molecule has 0 radical (unpaired) electrons. The summed E-state index contributed by atoms with van der Waals surface area (Å²) in [7, 11) is 0. The summed E-state index contributed by atoms with van der Waals surface area (Å²) < 4.78 is 36.0. The van der Waals surface area contributed by atoms with E-state index in [4.69, 9.17) is 22.4 Å². The molecular weight excluding hydrogens is 231 g/mol. The molecule has 84 valence electrons. The second-order valence-corrected chi connectivity index (χ2v) is 3.54. The second-order valence-electron chi connectivity index (χ2n) is 3.14. The lowest BCUT2D eigenvalue weighted by molar-refractivity contribution is -0.138. The molecule has 0 unspecified atom stereocenters. The maximum atomic E-state index is 12.0. The van der Waals surface area contributed by atoms with Gasteiger partial charge in [-0.1, -0.05) is 17.7 Å². The molecule has 1 aromatic carbocycles. The summed E-state index contributed by atoms with van der Waals surface area (Å²) in [6.07, 6.45) is -5.43. The SMILES string of the molecule is N[C@@H](CC(F)(F)F)c1ccc(O)c(Cl)c1. The van der Waals surface area contributed by atoms with E-state index in [0.29, 0.717) is 0 Å². The fourth-order valence-corrected chi connectivity index (χ4v) is 1.31. The third-order valence-corrected chi connectivity index (χ3v) is 2.15. The van der Waals surface area contributed by atoms with E-state index in [1.807, 2.05) is 0 Å². The number of hydrogen-bond donors (Lipinski definition) is 2. The van der Waals surface area contributed by atoms with Gasteiger partial charge in [0.25, 0.3) is 0 Å². The van der Waals surface area contributed by atoms with Crippen LogP contribution in [0, 0.1) is 0 Å². The third-order valence-electron chi connectivity index (χ3n) is 1.85. The Balaban J connectivity index is 2.83. The van der Waals surface area contributed by atoms with Gasteiger partial charge in [0.2, 0.25) is 0 Å². The maximum absolute atomic E-state index is 12.0. The van der Waals surface area contributed by atoms with Crippen LogP contribution in [0.5, 0.6) is 5.75 Å². The first kappa shape index (κ1) is 12.1. The van der Waals surface area contributed by atoms with Gasteiger partial charge in [-0.05, 0) is 17.7 Å². The third kappa shape index (κ3) is 3.60. The van der Waals surface area contributed by atoms with Gasteiger partial charge in [-0.15, -0.1) is 0 Å². The second kappa shape index (κ2) is 4.28. The van der Waals surface area contributed by atoms with Crippen LogP contribution in [0.3, 0.4) is 0 Å². The monoisotopic (exact) mass is 239 g/mol. The Kier molecular flexibility index (Phi) is 3.46. The Morgan fingerprint density at radius 1 is 1.40 bits per heavy atom. The van der Waals surface area contributed by atoms with Gasteiger partial charge in [0.05, 0.1) is 11.4 Å². The zero-order chi connectivity index (χ0) is 11.6. The van der Waals surface area contributed by atoms with E-state index in [2.05, 4.69) is 0 Å². The highest BCUT2D eigenvalue weighted by Crippen LogP contribution is 2.31. The Bertz CT molecular complexity index is 354. The lowest BCUT2D eigenvalue weighted by atomic mass is 10.0. The van der Waals surface area contributed by atoms with E-state index in [1.165, 1.54) is 18.2 Å². The molecule has 0 spiro atoms. The van der Waals surface area contributed by atoms with Gasteiger partial charge in [-0.3, -0.25) is 0 Å². The Hall–Kier alpha value is -0.940. The number of rotatable bonds is 2. The van der Waals surface area contributed by atoms with Crippen LogP contribution in [-0.2, 0) is 0 Å². The first-order chi connectivity index (χ1) is 6.79. The van der Waals surface area contributed by atoms with Gasteiger partial charge < -0.3 is 10.8 Å². The van der Waals surface area contributed by atoms with Gasteiger partial charge in [0, 0.05) is 6.04 Å². The largest absolute Gasteiger partial charge is 0.506 e. The fraction of sp³-hybridized carbons (Fsp3) is 0.333. The van der Waals surface area contributed by atoms with Gasteiger partial charge >= 0.3 is 6.18 Å². The summed E-state index contributed by atoms with van der Waals surface area (Å²) >= 11 is 5.54. The van der Waals surface area contributed by atoms with Crippen LogP contribution in [0.25, 0.3) is 0 Å². The fourth-order valence-electron chi connectivity index (χ4n) is 1.12. The van der Waals surface area contributed by atoms with E-state index in [9.17, 15) is 13.2 Å². The van der Waals surface area contributed by atoms with Gasteiger partial charge in [-0.25, -0.2) is 0 Å². The molecule has 0 saturated heterocycles. The summed E-state index contributed by atoms with van der Waals surface area (Å²) in [5.41, 5.74) is 5.59. The molecule has 0 aliphatic heterocycles. The van der Waals surface area contributed by atoms with E-state index in [0.717, 1.165) is 0 Å². The number of hydrogen-bond acceptors (Lipinski definition) is 2. The number of aromatic hydroxyl groups is 1. The first-order valence-corrected chi connectivity index (χ1v) is 4.48. The van der Waals surface area contributed by atoms with Crippen LogP contribution in [0.15, 0.2) is 18.2 Å². The van der Waals surface area contributed by atoms with Crippen molar-refractivity contribution in [2.75, 3.05) is 0 Å². The summed E-state index contributed by atoms with van der Waals surface area (Å²) in [6, 6.07) is 2.60. The van der Waals surface area contributed by atoms with Crippen LogP contribution in [0.4, 0.5) is 13.2 Å². The number of alkyl halides is 3. The predicted molar refractivity (Wildman–Crippen MR) is 50.7 cm³/mol. The quantitative estimate of drug-likeness (QED) is 0.833. The van der Waals surface area contributed by atoms with Crippen LogP contribution < -0.4 is 5.73 Å². The molecular formula is C9H9ClF3NO. The lowest BCUT2D eigenvalue weighted by Crippen LogP contribution is -2.20. The van der Waals surface area contributed by atoms with Crippen molar-refractivity contribution in [3.63, 3.8) is 0 Å². The summed E-state index contributed by atoms with van der Waals surface area (Å²) in [5.74, 6) is -0.181. The minimum atomic E-state index is -4.32. The number of benzene rings is 1. The molecule has 0 saturated carbocycles. The average molecular weight is 240 g/mol. The number of phenols is 1. The summed E-state index contributed by atoms with van der Waals surface area (Å²) in [6.45, 7) is 0. The van der Waals surface area contributed by atoms with Crippen molar-refractivity contribution >= 4 is 11.6 Å². The van der Waals surface area contributed by atoms with Gasteiger partial charge in [-0.2, -0.15) is 13.2 Å². The molecule has 0 aliphatic carbocycles. The van der Waals surface area contributed by atoms with Gasteiger partial charge in [0.1, 0.15) is 5.75 Å². The van der Waals surface area contributed by atoms with E-state index >= 15 is 0 Å². The van der Waals surface area contributed by atoms with Crippen molar-refractivity contribution < 1.29 is 18.3 Å². The number of halogens is 4. The molecule has 1 atom stereocenters. The summed E-state index contributed by atoms with van der Waals surface area (Å²) in [5, 5.41) is 9.05. The lowest BCUT2D eigenvalue weighted by Gasteiger charge is -2.14. The molecule has 0 heterocycles. The zero-order valence-corrected chi connectivity index (χ0v) is 8.31. The van der Waals surface area contributed by atoms with E-state index < -0.39 is 18.6 Å². The molecule has 3 N–H and O–H groups in total. The number of phenolic OH excluding ortho intramolecular Hbond substituents is 1. The van der Waals surface area contributed by atoms with Crippen molar-refractivity contribution in [3.8, 4) is 5.75 Å². The topological polar surface area (TPSA) is 46.2 Å². The van der Waals surface area contributed by atoms with Crippen LogP contribution in [0.1, 0.15) is 18.0 Å². The molecule has 0 aliphatic rings. The van der Waals surface area contributed by atoms with Crippen molar-refractivity contribution in [3.05, 3.63) is 28.8 Å². The average Bonchev–Trinajstić information content (AvgIpc) is 2.06. The smallest absolute Gasteiger partial charge is 0.390 e. The Labute approximate surface area is 89.5 Å². The minimum Gasteiger partial charge on any atom is -0.506 e. The highest BCUT2D eigenvalue weighted by atomic mass is 35.5. The van der Waals surface area contributed by atoms with Crippen LogP contribution in [-0.4, -0.2) is 11.3 Å². The predicted octanol–water partition coefficient (Wildman–Crippen LogP) is 3.00. The Morgan fingerprint density at radius 2 is 2.00 bits per heavy atom. The van der Waals surface area contributed by atoms with Crippen molar-refractivity contribution in [1.29, 1.82) is 0 Å². The Morgan fingerprint density at radius 3 is 2.47 bits per heavy atom. The standard InChI is InChI=1S/C9H9ClF3NO/c10-6-3-5(1-2-8(6)15)7(14)4-9(11,12)13/h1-3,7,15H,4,14H2/t7-/m0/s1. The highest BCUT2D eigenvalue weighted by Gasteiger charge is 2.31. The van der Waals surface area contributed by atoms with E-state index in [1.54, 1.807) is 0 Å². The minimum absolute atomic E-state index is 0.00914. The molecule has 0 aromatic heterocycles. The molecule has 6 heteroatoms.